The Labute approximate surface area is 130 Å². The van der Waals surface area contributed by atoms with Crippen LogP contribution >= 0.6 is 11.6 Å². The molecule has 0 bridgehead atoms. The Balaban J connectivity index is 2.10. The number of carbonyl (C=O) groups is 1. The topological polar surface area (TPSA) is 55.0 Å². The number of ether oxygens (including phenoxy) is 1. The molecule has 0 amide bonds. The molecule has 0 aliphatic carbocycles. The van der Waals surface area contributed by atoms with Crippen LogP contribution < -0.4 is 0 Å². The lowest BCUT2D eigenvalue weighted by atomic mass is 10.00. The van der Waals surface area contributed by atoms with Crippen molar-refractivity contribution in [1.29, 1.82) is 0 Å². The van der Waals surface area contributed by atoms with E-state index >= 15 is 0 Å². The quantitative estimate of drug-likeness (QED) is 0.749. The molecule has 4 nitrogen and oxygen atoms in total. The van der Waals surface area contributed by atoms with Gasteiger partial charge in [0.25, 0.3) is 0 Å². The maximum absolute atomic E-state index is 14.0. The standard InChI is InChI=1S/C16H12ClFN2O2/c1-22-16(21)15-14-10(3-2-4-13(14)19-20-15)7-9-5-6-11(17)8-12(9)18/h2-6,8H,7H2,1H3,(H,19,20). The van der Waals surface area contributed by atoms with Crippen LogP contribution in [0.4, 0.5) is 4.39 Å². The van der Waals surface area contributed by atoms with E-state index in [0.717, 1.165) is 5.56 Å². The normalized spacial score (nSPS) is 10.9. The first-order valence-corrected chi connectivity index (χ1v) is 6.96. The maximum Gasteiger partial charge on any atom is 0.359 e. The van der Waals surface area contributed by atoms with Crippen LogP contribution in [0.3, 0.4) is 0 Å². The number of fused-ring (bicyclic) bond motifs is 1. The fourth-order valence-corrected chi connectivity index (χ4v) is 2.57. The van der Waals surface area contributed by atoms with Crippen molar-refractivity contribution in [2.75, 3.05) is 7.11 Å². The number of hydrogen-bond donors (Lipinski definition) is 1. The lowest BCUT2D eigenvalue weighted by molar-refractivity contribution is 0.0596. The number of aromatic nitrogens is 2. The SMILES string of the molecule is COC(=O)c1n[nH]c2cccc(Cc3ccc(Cl)cc3F)c12. The summed E-state index contributed by atoms with van der Waals surface area (Å²) in [7, 11) is 1.30. The summed E-state index contributed by atoms with van der Waals surface area (Å²) in [6, 6.07) is 10.00. The molecule has 3 aromatic rings. The van der Waals surface area contributed by atoms with Crippen LogP contribution in [0.5, 0.6) is 0 Å². The predicted octanol–water partition coefficient (Wildman–Crippen LogP) is 3.73. The summed E-state index contributed by atoms with van der Waals surface area (Å²) < 4.78 is 18.7. The molecule has 0 aliphatic heterocycles. The summed E-state index contributed by atoms with van der Waals surface area (Å²) in [5, 5.41) is 7.77. The highest BCUT2D eigenvalue weighted by atomic mass is 35.5. The molecule has 2 aromatic carbocycles. The van der Waals surface area contributed by atoms with Gasteiger partial charge in [-0.25, -0.2) is 9.18 Å². The molecule has 0 radical (unpaired) electrons. The van der Waals surface area contributed by atoms with Gasteiger partial charge >= 0.3 is 5.97 Å². The van der Waals surface area contributed by atoms with Gasteiger partial charge in [0.05, 0.1) is 12.6 Å². The van der Waals surface area contributed by atoms with Crippen molar-refractivity contribution in [1.82, 2.24) is 10.2 Å². The van der Waals surface area contributed by atoms with E-state index in [1.807, 2.05) is 12.1 Å². The third-order valence-electron chi connectivity index (χ3n) is 3.45. The van der Waals surface area contributed by atoms with E-state index in [1.165, 1.54) is 13.2 Å². The van der Waals surface area contributed by atoms with Crippen LogP contribution in [-0.2, 0) is 11.2 Å². The highest BCUT2D eigenvalue weighted by Gasteiger charge is 2.18. The van der Waals surface area contributed by atoms with E-state index < -0.39 is 5.97 Å². The molecular weight excluding hydrogens is 307 g/mol. The molecule has 0 fully saturated rings. The van der Waals surface area contributed by atoms with Gasteiger partial charge in [0.2, 0.25) is 0 Å². The van der Waals surface area contributed by atoms with Crippen molar-refractivity contribution in [3.05, 3.63) is 64.1 Å². The molecule has 112 valence electrons. The molecule has 6 heteroatoms. The summed E-state index contributed by atoms with van der Waals surface area (Å²) >= 11 is 5.77. The Morgan fingerprint density at radius 1 is 1.32 bits per heavy atom. The number of carbonyl (C=O) groups excluding carboxylic acids is 1. The van der Waals surface area contributed by atoms with E-state index in [4.69, 9.17) is 16.3 Å². The number of halogens is 2. The second-order valence-electron chi connectivity index (χ2n) is 4.82. The number of benzene rings is 2. The molecule has 0 atom stereocenters. The fourth-order valence-electron chi connectivity index (χ4n) is 2.41. The van der Waals surface area contributed by atoms with Crippen molar-refractivity contribution in [2.24, 2.45) is 0 Å². The van der Waals surface area contributed by atoms with Crippen LogP contribution in [0.25, 0.3) is 10.9 Å². The Kier molecular flexibility index (Phi) is 3.81. The zero-order chi connectivity index (χ0) is 15.7. The number of methoxy groups -OCH3 is 1. The molecule has 1 aromatic heterocycles. The number of nitrogens with zero attached hydrogens (tertiary/aromatic N) is 1. The van der Waals surface area contributed by atoms with Crippen molar-refractivity contribution >= 4 is 28.5 Å². The zero-order valence-corrected chi connectivity index (χ0v) is 12.4. The molecule has 3 rings (SSSR count). The van der Waals surface area contributed by atoms with E-state index in [9.17, 15) is 9.18 Å². The lowest BCUT2D eigenvalue weighted by Gasteiger charge is -2.06. The molecule has 1 N–H and O–H groups in total. The number of H-pyrrole nitrogens is 1. The molecule has 0 spiro atoms. The highest BCUT2D eigenvalue weighted by Crippen LogP contribution is 2.25. The summed E-state index contributed by atoms with van der Waals surface area (Å²) in [6.45, 7) is 0. The van der Waals surface area contributed by atoms with Gasteiger partial charge in [-0.05, 0) is 29.3 Å². The highest BCUT2D eigenvalue weighted by molar-refractivity contribution is 6.30. The largest absolute Gasteiger partial charge is 0.464 e. The lowest BCUT2D eigenvalue weighted by Crippen LogP contribution is -2.03. The summed E-state index contributed by atoms with van der Waals surface area (Å²) in [4.78, 5) is 11.8. The minimum atomic E-state index is -0.532. The fraction of sp³-hybridized carbons (Fsp3) is 0.125. The van der Waals surface area contributed by atoms with Gasteiger partial charge in [0.15, 0.2) is 5.69 Å². The van der Waals surface area contributed by atoms with E-state index in [1.54, 1.807) is 18.2 Å². The predicted molar refractivity (Wildman–Crippen MR) is 81.6 cm³/mol. The monoisotopic (exact) mass is 318 g/mol. The van der Waals surface area contributed by atoms with Gasteiger partial charge in [-0.15, -0.1) is 0 Å². The Morgan fingerprint density at radius 2 is 2.14 bits per heavy atom. The first kappa shape index (κ1) is 14.5. The summed E-state index contributed by atoms with van der Waals surface area (Å²) in [5.41, 5.74) is 2.18. The van der Waals surface area contributed by atoms with Gasteiger partial charge in [-0.3, -0.25) is 5.10 Å². The van der Waals surface area contributed by atoms with Crippen LogP contribution in [0.2, 0.25) is 5.02 Å². The Bertz CT molecular complexity index is 860. The average molecular weight is 319 g/mol. The third kappa shape index (κ3) is 2.55. The smallest absolute Gasteiger partial charge is 0.359 e. The molecule has 0 aliphatic rings. The van der Waals surface area contributed by atoms with Gasteiger partial charge < -0.3 is 4.74 Å². The minimum absolute atomic E-state index is 0.197. The van der Waals surface area contributed by atoms with Crippen molar-refractivity contribution in [3.63, 3.8) is 0 Å². The number of aromatic amines is 1. The maximum atomic E-state index is 14.0. The van der Waals surface area contributed by atoms with E-state index in [0.29, 0.717) is 27.9 Å². The molecule has 0 saturated carbocycles. The second kappa shape index (κ2) is 5.77. The molecule has 22 heavy (non-hydrogen) atoms. The van der Waals surface area contributed by atoms with E-state index in [2.05, 4.69) is 10.2 Å². The van der Waals surface area contributed by atoms with Gasteiger partial charge in [-0.2, -0.15) is 5.10 Å². The van der Waals surface area contributed by atoms with Gasteiger partial charge in [0.1, 0.15) is 5.82 Å². The first-order chi connectivity index (χ1) is 10.6. The Morgan fingerprint density at radius 3 is 2.86 bits per heavy atom. The van der Waals surface area contributed by atoms with Gasteiger partial charge in [0, 0.05) is 16.8 Å². The minimum Gasteiger partial charge on any atom is -0.464 e. The van der Waals surface area contributed by atoms with Crippen LogP contribution in [0, 0.1) is 5.82 Å². The molecule has 0 saturated heterocycles. The number of hydrogen-bond acceptors (Lipinski definition) is 3. The summed E-state index contributed by atoms with van der Waals surface area (Å²) in [5.74, 6) is -0.914. The van der Waals surface area contributed by atoms with Crippen LogP contribution in [0.15, 0.2) is 36.4 Å². The number of rotatable bonds is 3. The zero-order valence-electron chi connectivity index (χ0n) is 11.7. The van der Waals surface area contributed by atoms with Crippen molar-refractivity contribution in [2.45, 2.75) is 6.42 Å². The Hall–Kier alpha value is -2.40. The van der Waals surface area contributed by atoms with Crippen molar-refractivity contribution < 1.29 is 13.9 Å². The third-order valence-corrected chi connectivity index (χ3v) is 3.69. The summed E-state index contributed by atoms with van der Waals surface area (Å²) in [6.07, 6.45) is 0.323. The number of esters is 1. The molecule has 1 heterocycles. The van der Waals surface area contributed by atoms with Crippen LogP contribution in [-0.4, -0.2) is 23.3 Å². The number of nitrogens with one attached hydrogen (secondary N) is 1. The molecule has 0 unspecified atom stereocenters. The van der Waals surface area contributed by atoms with Gasteiger partial charge in [-0.1, -0.05) is 29.8 Å². The van der Waals surface area contributed by atoms with Crippen molar-refractivity contribution in [3.8, 4) is 0 Å². The first-order valence-electron chi connectivity index (χ1n) is 6.58. The van der Waals surface area contributed by atoms with Crippen LogP contribution in [0.1, 0.15) is 21.6 Å². The average Bonchev–Trinajstić information content (AvgIpc) is 2.94. The van der Waals surface area contributed by atoms with E-state index in [-0.39, 0.29) is 11.5 Å². The second-order valence-corrected chi connectivity index (χ2v) is 5.25. The molecular formula is C16H12ClFN2O2.